The minimum atomic E-state index is -0.955. The van der Waals surface area contributed by atoms with Crippen molar-refractivity contribution in [3.63, 3.8) is 0 Å². The summed E-state index contributed by atoms with van der Waals surface area (Å²) in [4.78, 5) is 0. The summed E-state index contributed by atoms with van der Waals surface area (Å²) in [5.74, 6) is 0. The zero-order chi connectivity index (χ0) is 13.0. The van der Waals surface area contributed by atoms with Crippen LogP contribution in [0.2, 0.25) is 0 Å². The van der Waals surface area contributed by atoms with Gasteiger partial charge in [0.05, 0.1) is 24.4 Å². The third kappa shape index (κ3) is 4.17. The van der Waals surface area contributed by atoms with Gasteiger partial charge in [0.25, 0.3) is 0 Å². The summed E-state index contributed by atoms with van der Waals surface area (Å²) >= 11 is 0. The Bertz CT molecular complexity index is 228. The highest BCUT2D eigenvalue weighted by Crippen LogP contribution is 2.21. The molecule has 1 fully saturated rings. The van der Waals surface area contributed by atoms with Crippen molar-refractivity contribution in [2.45, 2.75) is 63.4 Å². The van der Waals surface area contributed by atoms with Crippen LogP contribution in [0.4, 0.5) is 0 Å². The maximum absolute atomic E-state index is 9.64. The van der Waals surface area contributed by atoms with E-state index in [0.29, 0.717) is 6.54 Å². The van der Waals surface area contributed by atoms with E-state index in [0.717, 1.165) is 12.8 Å². The number of nitrogens with two attached hydrogens (primary N) is 2. The summed E-state index contributed by atoms with van der Waals surface area (Å²) in [6.07, 6.45) is -1.35. The van der Waals surface area contributed by atoms with Gasteiger partial charge in [0.2, 0.25) is 0 Å². The molecule has 1 rings (SSSR count). The Hall–Kier alpha value is -0.240. The molecule has 1 heterocycles. The van der Waals surface area contributed by atoms with E-state index in [1.807, 2.05) is 0 Å². The minimum Gasteiger partial charge on any atom is -0.391 e. The van der Waals surface area contributed by atoms with Gasteiger partial charge in [-0.3, -0.25) is 0 Å². The average Bonchev–Trinajstić information content (AvgIpc) is 2.30. The van der Waals surface area contributed by atoms with Gasteiger partial charge in [0, 0.05) is 6.54 Å². The molecule has 0 radical (unpaired) electrons. The highest BCUT2D eigenvalue weighted by atomic mass is 16.7. The van der Waals surface area contributed by atoms with E-state index in [1.54, 1.807) is 6.92 Å². The van der Waals surface area contributed by atoms with Crippen molar-refractivity contribution in [1.82, 2.24) is 0 Å². The van der Waals surface area contributed by atoms with Crippen LogP contribution in [0, 0.1) is 0 Å². The fourth-order valence-electron chi connectivity index (χ4n) is 1.86. The smallest absolute Gasteiger partial charge is 0.173 e. The summed E-state index contributed by atoms with van der Waals surface area (Å²) < 4.78 is 11.1. The zero-order valence-corrected chi connectivity index (χ0v) is 10.5. The number of ether oxygens (including phenoxy) is 2. The third-order valence-corrected chi connectivity index (χ3v) is 3.08. The topological polar surface area (TPSA) is 111 Å². The van der Waals surface area contributed by atoms with Crippen molar-refractivity contribution in [1.29, 1.82) is 0 Å². The van der Waals surface area contributed by atoms with Crippen LogP contribution in [-0.2, 0) is 9.47 Å². The zero-order valence-electron chi connectivity index (χ0n) is 10.5. The van der Waals surface area contributed by atoms with Crippen molar-refractivity contribution in [3.8, 4) is 0 Å². The highest BCUT2D eigenvalue weighted by Gasteiger charge is 2.32. The highest BCUT2D eigenvalue weighted by molar-refractivity contribution is 4.79. The van der Waals surface area contributed by atoms with Gasteiger partial charge in [0.1, 0.15) is 6.10 Å². The second-order valence-corrected chi connectivity index (χ2v) is 4.68. The molecule has 6 atom stereocenters. The maximum atomic E-state index is 9.64. The first kappa shape index (κ1) is 14.8. The van der Waals surface area contributed by atoms with E-state index in [1.165, 1.54) is 6.92 Å². The van der Waals surface area contributed by atoms with Crippen LogP contribution < -0.4 is 11.5 Å². The van der Waals surface area contributed by atoms with Gasteiger partial charge < -0.3 is 31.2 Å². The molecule has 0 aromatic carbocycles. The molecule has 1 aliphatic heterocycles. The first-order valence-corrected chi connectivity index (χ1v) is 6.08. The Kier molecular flexibility index (Phi) is 5.78. The molecular formula is C11H24N2O4. The van der Waals surface area contributed by atoms with E-state index < -0.39 is 24.6 Å². The van der Waals surface area contributed by atoms with Crippen molar-refractivity contribution >= 4 is 0 Å². The molecule has 6 N–H and O–H groups in total. The van der Waals surface area contributed by atoms with Crippen molar-refractivity contribution in [2.24, 2.45) is 11.5 Å². The molecule has 6 heteroatoms. The average molecular weight is 248 g/mol. The molecular weight excluding hydrogens is 224 g/mol. The summed E-state index contributed by atoms with van der Waals surface area (Å²) in [5.41, 5.74) is 11.4. The van der Waals surface area contributed by atoms with Crippen LogP contribution in [0.3, 0.4) is 0 Å². The van der Waals surface area contributed by atoms with Gasteiger partial charge in [0.15, 0.2) is 6.29 Å². The SMILES string of the molecule is C[C@H](O)[C@@H](O)[C@@H](C)O[C@H]1O[C@H](CN)CC[C@H]1N. The molecule has 102 valence electrons. The summed E-state index contributed by atoms with van der Waals surface area (Å²) in [6, 6.07) is -0.221. The van der Waals surface area contributed by atoms with Crippen LogP contribution in [-0.4, -0.2) is 53.5 Å². The normalized spacial score (nSPS) is 35.3. The Labute approximate surface area is 102 Å². The van der Waals surface area contributed by atoms with E-state index in [4.69, 9.17) is 20.9 Å². The first-order valence-electron chi connectivity index (χ1n) is 6.08. The lowest BCUT2D eigenvalue weighted by molar-refractivity contribution is -0.236. The Morgan fingerprint density at radius 2 is 2.00 bits per heavy atom. The molecule has 6 nitrogen and oxygen atoms in total. The summed E-state index contributed by atoms with van der Waals surface area (Å²) in [7, 11) is 0. The van der Waals surface area contributed by atoms with Crippen LogP contribution in [0.15, 0.2) is 0 Å². The second kappa shape index (κ2) is 6.63. The van der Waals surface area contributed by atoms with Crippen LogP contribution in [0.25, 0.3) is 0 Å². The number of hydrogen-bond donors (Lipinski definition) is 4. The van der Waals surface area contributed by atoms with Crippen molar-refractivity contribution in [2.75, 3.05) is 6.54 Å². The van der Waals surface area contributed by atoms with Crippen LogP contribution in [0.5, 0.6) is 0 Å². The molecule has 0 bridgehead atoms. The lowest BCUT2D eigenvalue weighted by Gasteiger charge is -2.36. The molecule has 0 unspecified atom stereocenters. The fraction of sp³-hybridized carbons (Fsp3) is 1.00. The van der Waals surface area contributed by atoms with Crippen LogP contribution in [0.1, 0.15) is 26.7 Å². The summed E-state index contributed by atoms with van der Waals surface area (Å²) in [6.45, 7) is 3.62. The largest absolute Gasteiger partial charge is 0.391 e. The summed E-state index contributed by atoms with van der Waals surface area (Å²) in [5, 5.41) is 18.9. The van der Waals surface area contributed by atoms with E-state index in [9.17, 15) is 10.2 Å². The Morgan fingerprint density at radius 1 is 1.35 bits per heavy atom. The predicted octanol–water partition coefficient (Wildman–Crippen LogP) is -1.08. The van der Waals surface area contributed by atoms with Gasteiger partial charge in [-0.2, -0.15) is 0 Å². The van der Waals surface area contributed by atoms with E-state index in [2.05, 4.69) is 0 Å². The fourth-order valence-corrected chi connectivity index (χ4v) is 1.86. The van der Waals surface area contributed by atoms with Gasteiger partial charge in [-0.25, -0.2) is 0 Å². The van der Waals surface area contributed by atoms with Gasteiger partial charge in [-0.15, -0.1) is 0 Å². The second-order valence-electron chi connectivity index (χ2n) is 4.68. The van der Waals surface area contributed by atoms with Crippen molar-refractivity contribution < 1.29 is 19.7 Å². The predicted molar refractivity (Wildman–Crippen MR) is 63.2 cm³/mol. The lowest BCUT2D eigenvalue weighted by Crippen LogP contribution is -2.50. The van der Waals surface area contributed by atoms with E-state index in [-0.39, 0.29) is 12.1 Å². The Balaban J connectivity index is 2.48. The molecule has 0 spiro atoms. The third-order valence-electron chi connectivity index (χ3n) is 3.08. The molecule has 17 heavy (non-hydrogen) atoms. The van der Waals surface area contributed by atoms with Crippen molar-refractivity contribution in [3.05, 3.63) is 0 Å². The molecule has 1 aliphatic rings. The molecule has 0 saturated carbocycles. The van der Waals surface area contributed by atoms with Gasteiger partial charge in [-0.05, 0) is 26.7 Å². The number of aliphatic hydroxyl groups excluding tert-OH is 2. The van der Waals surface area contributed by atoms with Gasteiger partial charge >= 0.3 is 0 Å². The standard InChI is InChI=1S/C11H24N2O4/c1-6(14)10(15)7(2)16-11-9(13)4-3-8(5-12)17-11/h6-11,14-15H,3-5,12-13H2,1-2H3/t6-,7+,8-,9+,10+,11-/m0/s1. The molecule has 0 aromatic heterocycles. The molecule has 1 saturated heterocycles. The number of hydrogen-bond acceptors (Lipinski definition) is 6. The number of aliphatic hydroxyl groups is 2. The van der Waals surface area contributed by atoms with Crippen LogP contribution >= 0.6 is 0 Å². The first-order chi connectivity index (χ1) is 7.95. The van der Waals surface area contributed by atoms with Gasteiger partial charge in [-0.1, -0.05) is 0 Å². The van der Waals surface area contributed by atoms with E-state index >= 15 is 0 Å². The quantitative estimate of drug-likeness (QED) is 0.493. The number of rotatable bonds is 5. The molecule has 0 amide bonds. The molecule has 0 aromatic rings. The maximum Gasteiger partial charge on any atom is 0.173 e. The monoisotopic (exact) mass is 248 g/mol. The lowest BCUT2D eigenvalue weighted by atomic mass is 10.0. The minimum absolute atomic E-state index is 0.0457. The Morgan fingerprint density at radius 3 is 2.53 bits per heavy atom. The molecule has 0 aliphatic carbocycles.